The van der Waals surface area contributed by atoms with E-state index in [9.17, 15) is 13.2 Å². The molecule has 0 radical (unpaired) electrons. The molecule has 0 aliphatic carbocycles. The number of nitrogens with zero attached hydrogens (tertiary/aromatic N) is 3. The van der Waals surface area contributed by atoms with Gasteiger partial charge >= 0.3 is 6.18 Å². The zero-order chi connectivity index (χ0) is 22.4. The Labute approximate surface area is 189 Å². The van der Waals surface area contributed by atoms with Crippen molar-refractivity contribution in [2.45, 2.75) is 11.8 Å². The van der Waals surface area contributed by atoms with Crippen LogP contribution in [-0.2, 0) is 10.4 Å². The Morgan fingerprint density at radius 3 is 2.45 bits per heavy atom. The lowest BCUT2D eigenvalue weighted by atomic mass is 9.91. The molecule has 1 aliphatic rings. The number of alkyl halides is 3. The normalized spacial score (nSPS) is 18.5. The van der Waals surface area contributed by atoms with Crippen LogP contribution in [0.4, 0.5) is 13.2 Å². The van der Waals surface area contributed by atoms with Crippen LogP contribution in [0.5, 0.6) is 0 Å². The maximum Gasteiger partial charge on any atom is 0.428 e. The van der Waals surface area contributed by atoms with E-state index in [2.05, 4.69) is 15.8 Å². The molecule has 0 spiro atoms. The second kappa shape index (κ2) is 7.79. The summed E-state index contributed by atoms with van der Waals surface area (Å²) in [5.74, 6) is 0. The van der Waals surface area contributed by atoms with Crippen LogP contribution < -0.4 is 11.2 Å². The van der Waals surface area contributed by atoms with Crippen molar-refractivity contribution in [3.05, 3.63) is 81.6 Å². The molecule has 0 saturated heterocycles. The fraction of sp³-hybridized carbons (Fsp3) is 0.105. The average molecular weight is 486 g/mol. The van der Waals surface area contributed by atoms with Crippen molar-refractivity contribution in [2.75, 3.05) is 0 Å². The standard InChI is InChI=1S/C19H12Cl2F3N5OS/c20-12-6-11(7-13(21)8-12)18(19(22,23)24)9-15(27-30-18)10-1-2-16(14(5-10)17(25)31)29-4-3-26-28-29/h1-9,27H,(H2,25,31). The van der Waals surface area contributed by atoms with E-state index in [-0.39, 0.29) is 26.3 Å². The second-order valence-corrected chi connectivity index (χ2v) is 7.91. The largest absolute Gasteiger partial charge is 0.428 e. The third-order valence-electron chi connectivity index (χ3n) is 4.62. The first-order valence-corrected chi connectivity index (χ1v) is 9.78. The Morgan fingerprint density at radius 1 is 1.16 bits per heavy atom. The molecular formula is C19H12Cl2F3N5OS. The molecule has 160 valence electrons. The molecule has 3 N–H and O–H groups in total. The molecule has 2 aromatic carbocycles. The zero-order valence-corrected chi connectivity index (χ0v) is 17.6. The highest BCUT2D eigenvalue weighted by Gasteiger charge is 2.59. The Kier molecular flexibility index (Phi) is 5.42. The molecule has 1 aliphatic heterocycles. The van der Waals surface area contributed by atoms with E-state index in [0.717, 1.165) is 18.2 Å². The first-order chi connectivity index (χ1) is 14.6. The molecule has 3 aromatic rings. The molecule has 1 atom stereocenters. The molecule has 31 heavy (non-hydrogen) atoms. The Morgan fingerprint density at radius 2 is 1.87 bits per heavy atom. The van der Waals surface area contributed by atoms with Crippen LogP contribution in [0, 0.1) is 0 Å². The summed E-state index contributed by atoms with van der Waals surface area (Å²) in [5.41, 5.74) is 6.47. The van der Waals surface area contributed by atoms with Crippen LogP contribution in [0.15, 0.2) is 54.9 Å². The number of nitrogens with two attached hydrogens (primary N) is 1. The highest BCUT2D eigenvalue weighted by atomic mass is 35.5. The van der Waals surface area contributed by atoms with Gasteiger partial charge in [-0.2, -0.15) is 13.2 Å². The molecule has 0 fully saturated rings. The number of rotatable bonds is 4. The van der Waals surface area contributed by atoms with Crippen LogP contribution in [0.3, 0.4) is 0 Å². The third kappa shape index (κ3) is 3.87. The number of nitrogens with one attached hydrogen (secondary N) is 1. The highest BCUT2D eigenvalue weighted by molar-refractivity contribution is 7.80. The van der Waals surface area contributed by atoms with E-state index in [0.29, 0.717) is 16.8 Å². The Balaban J connectivity index is 1.84. The molecule has 2 heterocycles. The van der Waals surface area contributed by atoms with Gasteiger partial charge in [-0.25, -0.2) is 4.68 Å². The Hall–Kier alpha value is -2.66. The number of hydrogen-bond acceptors (Lipinski definition) is 5. The van der Waals surface area contributed by atoms with Crippen molar-refractivity contribution >= 4 is 46.1 Å². The SMILES string of the molecule is NC(=S)c1cc(C2=CC(c3cc(Cl)cc(Cl)c3)(C(F)(F)F)ON2)ccc1-n1ccnn1. The van der Waals surface area contributed by atoms with Crippen molar-refractivity contribution in [3.63, 3.8) is 0 Å². The van der Waals surface area contributed by atoms with Gasteiger partial charge in [0.2, 0.25) is 5.60 Å². The summed E-state index contributed by atoms with van der Waals surface area (Å²) in [4.78, 5) is 5.13. The van der Waals surface area contributed by atoms with E-state index in [1.54, 1.807) is 24.4 Å². The lowest BCUT2D eigenvalue weighted by Crippen LogP contribution is -2.42. The molecule has 4 rings (SSSR count). The lowest BCUT2D eigenvalue weighted by Gasteiger charge is -2.28. The molecule has 0 amide bonds. The van der Waals surface area contributed by atoms with Crippen LogP contribution in [0.25, 0.3) is 11.4 Å². The summed E-state index contributed by atoms with van der Waals surface area (Å²) in [6.45, 7) is 0. The minimum absolute atomic E-state index is 0.0376. The molecule has 0 bridgehead atoms. The molecule has 1 unspecified atom stereocenters. The van der Waals surface area contributed by atoms with E-state index < -0.39 is 11.8 Å². The molecular weight excluding hydrogens is 474 g/mol. The smallest absolute Gasteiger partial charge is 0.389 e. The monoisotopic (exact) mass is 485 g/mol. The highest BCUT2D eigenvalue weighted by Crippen LogP contribution is 2.48. The van der Waals surface area contributed by atoms with Gasteiger partial charge in [-0.15, -0.1) is 5.10 Å². The number of hydrogen-bond donors (Lipinski definition) is 2. The number of hydroxylamine groups is 1. The van der Waals surface area contributed by atoms with Gasteiger partial charge in [0.05, 0.1) is 23.8 Å². The lowest BCUT2D eigenvalue weighted by molar-refractivity contribution is -0.269. The van der Waals surface area contributed by atoms with Gasteiger partial charge in [0.25, 0.3) is 0 Å². The van der Waals surface area contributed by atoms with Gasteiger partial charge in [-0.1, -0.05) is 46.7 Å². The van der Waals surface area contributed by atoms with Crippen LogP contribution in [-0.4, -0.2) is 26.2 Å². The topological polar surface area (TPSA) is 78.0 Å². The van der Waals surface area contributed by atoms with Crippen LogP contribution in [0.2, 0.25) is 10.0 Å². The molecule has 6 nitrogen and oxygen atoms in total. The van der Waals surface area contributed by atoms with Gasteiger partial charge in [-0.3, -0.25) is 10.3 Å². The van der Waals surface area contributed by atoms with Gasteiger partial charge in [-0.05, 0) is 36.4 Å². The van der Waals surface area contributed by atoms with Gasteiger partial charge in [0.1, 0.15) is 4.99 Å². The first-order valence-electron chi connectivity index (χ1n) is 8.62. The summed E-state index contributed by atoms with van der Waals surface area (Å²) in [6, 6.07) is 8.37. The maximum absolute atomic E-state index is 14.2. The number of aromatic nitrogens is 3. The van der Waals surface area contributed by atoms with Crippen LogP contribution >= 0.6 is 35.4 Å². The summed E-state index contributed by atoms with van der Waals surface area (Å²) in [5, 5.41) is 7.71. The van der Waals surface area contributed by atoms with Gasteiger partial charge in [0.15, 0.2) is 0 Å². The molecule has 12 heteroatoms. The number of thiocarbonyl (C=S) groups is 1. The van der Waals surface area contributed by atoms with Gasteiger partial charge in [0, 0.05) is 26.7 Å². The van der Waals surface area contributed by atoms with Crippen molar-refractivity contribution in [2.24, 2.45) is 5.73 Å². The van der Waals surface area contributed by atoms with E-state index >= 15 is 0 Å². The first kappa shape index (κ1) is 21.6. The minimum atomic E-state index is -4.82. The predicted octanol–water partition coefficient (Wildman–Crippen LogP) is 4.54. The molecule has 0 saturated carbocycles. The summed E-state index contributed by atoms with van der Waals surface area (Å²) in [7, 11) is 0. The van der Waals surface area contributed by atoms with E-state index in [4.69, 9.17) is 46.0 Å². The summed E-state index contributed by atoms with van der Waals surface area (Å²) < 4.78 is 43.9. The second-order valence-electron chi connectivity index (χ2n) is 6.60. The number of benzene rings is 2. The van der Waals surface area contributed by atoms with Crippen molar-refractivity contribution in [1.82, 2.24) is 20.5 Å². The molecule has 1 aromatic heterocycles. The Bertz CT molecular complexity index is 1180. The zero-order valence-electron chi connectivity index (χ0n) is 15.3. The summed E-state index contributed by atoms with van der Waals surface area (Å²) >= 11 is 17.0. The van der Waals surface area contributed by atoms with Gasteiger partial charge < -0.3 is 5.73 Å². The predicted molar refractivity (Wildman–Crippen MR) is 114 cm³/mol. The number of halogens is 5. The minimum Gasteiger partial charge on any atom is -0.389 e. The van der Waals surface area contributed by atoms with E-state index in [1.807, 2.05) is 0 Å². The average Bonchev–Trinajstić information content (AvgIpc) is 3.37. The maximum atomic E-state index is 14.2. The summed E-state index contributed by atoms with van der Waals surface area (Å²) in [6.07, 6.45) is -0.838. The fourth-order valence-corrected chi connectivity index (χ4v) is 3.88. The van der Waals surface area contributed by atoms with Crippen molar-refractivity contribution < 1.29 is 18.0 Å². The van der Waals surface area contributed by atoms with Crippen molar-refractivity contribution in [1.29, 1.82) is 0 Å². The van der Waals surface area contributed by atoms with Crippen molar-refractivity contribution in [3.8, 4) is 5.69 Å². The fourth-order valence-electron chi connectivity index (χ4n) is 3.19. The quantitative estimate of drug-likeness (QED) is 0.528. The third-order valence-corrected chi connectivity index (χ3v) is 5.28. The van der Waals surface area contributed by atoms with E-state index in [1.165, 1.54) is 16.9 Å². The van der Waals surface area contributed by atoms with Crippen LogP contribution in [0.1, 0.15) is 16.7 Å².